The minimum absolute atomic E-state index is 0.161. The van der Waals surface area contributed by atoms with Crippen LogP contribution in [0.3, 0.4) is 0 Å². The maximum absolute atomic E-state index is 13.2. The number of phenolic OH excluding ortho intramolecular Hbond substituents is 1. The lowest BCUT2D eigenvalue weighted by Crippen LogP contribution is -2.29. The van der Waals surface area contributed by atoms with Crippen LogP contribution in [0.25, 0.3) is 6.08 Å². The van der Waals surface area contributed by atoms with Crippen molar-refractivity contribution in [3.05, 3.63) is 46.2 Å². The van der Waals surface area contributed by atoms with Crippen LogP contribution in [0.5, 0.6) is 28.7 Å². The van der Waals surface area contributed by atoms with Crippen LogP contribution < -0.4 is 18.9 Å². The number of ketones is 1. The molecular weight excluding hydrogens is 410 g/mol. The number of methoxy groups -OCH3 is 3. The van der Waals surface area contributed by atoms with E-state index >= 15 is 0 Å². The number of hydrogen-bond acceptors (Lipinski definition) is 7. The highest BCUT2D eigenvalue weighted by Crippen LogP contribution is 2.43. The number of aryl methyl sites for hydroxylation is 1. The van der Waals surface area contributed by atoms with Crippen molar-refractivity contribution < 1.29 is 28.8 Å². The summed E-state index contributed by atoms with van der Waals surface area (Å²) in [6.07, 6.45) is 5.17. The molecule has 0 aromatic heterocycles. The third-order valence-corrected chi connectivity index (χ3v) is 6.04. The minimum Gasteiger partial charge on any atom is -0.507 e. The highest BCUT2D eigenvalue weighted by molar-refractivity contribution is 6.16. The third-order valence-electron chi connectivity index (χ3n) is 6.04. The maximum Gasteiger partial charge on any atom is 0.232 e. The summed E-state index contributed by atoms with van der Waals surface area (Å²) in [5.41, 5.74) is 2.54. The number of allylic oxidation sites excluding steroid dienone is 1. The second kappa shape index (κ2) is 9.12. The van der Waals surface area contributed by atoms with Crippen LogP contribution in [0.2, 0.25) is 0 Å². The molecule has 170 valence electrons. The Morgan fingerprint density at radius 3 is 2.28 bits per heavy atom. The molecule has 0 saturated carbocycles. The number of fused-ring (bicyclic) bond motifs is 1. The van der Waals surface area contributed by atoms with Crippen molar-refractivity contribution in [1.82, 2.24) is 4.90 Å². The molecule has 2 aliphatic heterocycles. The van der Waals surface area contributed by atoms with Gasteiger partial charge in [0.05, 0.1) is 32.5 Å². The van der Waals surface area contributed by atoms with Crippen LogP contribution in [0.4, 0.5) is 0 Å². The van der Waals surface area contributed by atoms with Gasteiger partial charge in [0.1, 0.15) is 11.5 Å². The topological polar surface area (TPSA) is 77.5 Å². The predicted molar refractivity (Wildman–Crippen MR) is 121 cm³/mol. The first-order chi connectivity index (χ1) is 15.5. The van der Waals surface area contributed by atoms with Gasteiger partial charge in [-0.2, -0.15) is 0 Å². The smallest absolute Gasteiger partial charge is 0.232 e. The minimum atomic E-state index is -0.203. The average Bonchev–Trinajstić information content (AvgIpc) is 3.12. The first-order valence-corrected chi connectivity index (χ1v) is 10.8. The van der Waals surface area contributed by atoms with Gasteiger partial charge < -0.3 is 24.1 Å². The van der Waals surface area contributed by atoms with E-state index in [0.717, 1.165) is 25.9 Å². The van der Waals surface area contributed by atoms with Crippen molar-refractivity contribution in [2.45, 2.75) is 32.7 Å². The number of phenols is 1. The van der Waals surface area contributed by atoms with E-state index in [4.69, 9.17) is 18.9 Å². The molecule has 0 amide bonds. The fraction of sp³-hybridized carbons (Fsp3) is 0.400. The molecule has 0 aliphatic carbocycles. The Hall–Kier alpha value is -3.19. The number of Topliss-reactive ketones (excluding diaryl/α,β-unsaturated/α-hetero) is 1. The van der Waals surface area contributed by atoms with Crippen molar-refractivity contribution >= 4 is 11.9 Å². The zero-order valence-electron chi connectivity index (χ0n) is 19.0. The number of nitrogens with zero attached hydrogens (tertiary/aromatic N) is 1. The number of aromatic hydroxyl groups is 1. The molecule has 32 heavy (non-hydrogen) atoms. The molecule has 0 atom stereocenters. The number of rotatable bonds is 6. The van der Waals surface area contributed by atoms with E-state index in [1.807, 2.05) is 6.92 Å². The monoisotopic (exact) mass is 439 g/mol. The second-order valence-corrected chi connectivity index (χ2v) is 8.13. The molecule has 2 aromatic carbocycles. The van der Waals surface area contributed by atoms with Crippen molar-refractivity contribution in [2.24, 2.45) is 0 Å². The lowest BCUT2D eigenvalue weighted by Gasteiger charge is -2.27. The van der Waals surface area contributed by atoms with Gasteiger partial charge in [0.2, 0.25) is 11.5 Å². The summed E-state index contributed by atoms with van der Waals surface area (Å²) in [6.45, 7) is 4.32. The Kier molecular flexibility index (Phi) is 6.28. The Morgan fingerprint density at radius 2 is 1.69 bits per heavy atom. The number of ether oxygens (including phenoxy) is 4. The van der Waals surface area contributed by atoms with Crippen molar-refractivity contribution in [3.63, 3.8) is 0 Å². The fourth-order valence-corrected chi connectivity index (χ4v) is 4.41. The van der Waals surface area contributed by atoms with E-state index in [2.05, 4.69) is 4.90 Å². The van der Waals surface area contributed by atoms with Crippen LogP contribution in [0.15, 0.2) is 24.0 Å². The number of carbonyl (C=O) groups is 1. The Labute approximate surface area is 188 Å². The molecule has 0 radical (unpaired) electrons. The summed E-state index contributed by atoms with van der Waals surface area (Å²) in [5, 5.41) is 10.7. The van der Waals surface area contributed by atoms with Crippen molar-refractivity contribution in [3.8, 4) is 28.7 Å². The lowest BCUT2D eigenvalue weighted by molar-refractivity contribution is 0.101. The van der Waals surface area contributed by atoms with Crippen LogP contribution >= 0.6 is 0 Å². The molecular formula is C25H29NO6. The van der Waals surface area contributed by atoms with Gasteiger partial charge in [-0.1, -0.05) is 6.42 Å². The molecule has 2 aliphatic rings. The molecule has 1 saturated heterocycles. The predicted octanol–water partition coefficient (Wildman–Crippen LogP) is 4.33. The zero-order chi connectivity index (χ0) is 22.8. The maximum atomic E-state index is 13.2. The first-order valence-electron chi connectivity index (χ1n) is 10.8. The van der Waals surface area contributed by atoms with Gasteiger partial charge in [-0.15, -0.1) is 0 Å². The van der Waals surface area contributed by atoms with Crippen LogP contribution in [-0.2, 0) is 6.54 Å². The normalized spacial score (nSPS) is 17.2. The standard InChI is InChI=1S/C25H29NO6/c1-15-10-18(27)17(14-26-8-6-5-7-9-26)24-22(15)23(28)19(32-24)11-16-12-20(29-2)25(31-4)21(13-16)30-3/h10-13,27H,5-9,14H2,1-4H3/b19-11-. The Bertz CT molecular complexity index is 1040. The number of piperidine rings is 1. The van der Waals surface area contributed by atoms with Gasteiger partial charge in [-0.3, -0.25) is 9.69 Å². The molecule has 1 fully saturated rings. The summed E-state index contributed by atoms with van der Waals surface area (Å²) in [4.78, 5) is 15.5. The summed E-state index contributed by atoms with van der Waals surface area (Å²) in [6, 6.07) is 5.17. The Balaban J connectivity index is 1.72. The molecule has 4 rings (SSSR count). The highest BCUT2D eigenvalue weighted by atomic mass is 16.5. The van der Waals surface area contributed by atoms with Gasteiger partial charge in [0.25, 0.3) is 0 Å². The van der Waals surface area contributed by atoms with Gasteiger partial charge in [-0.25, -0.2) is 0 Å². The quantitative estimate of drug-likeness (QED) is 0.672. The molecule has 7 heteroatoms. The molecule has 0 unspecified atom stereocenters. The van der Waals surface area contributed by atoms with E-state index in [1.54, 1.807) is 38.5 Å². The van der Waals surface area contributed by atoms with E-state index < -0.39 is 0 Å². The third kappa shape index (κ3) is 4.00. The summed E-state index contributed by atoms with van der Waals surface area (Å²) in [7, 11) is 4.62. The number of benzene rings is 2. The fourth-order valence-electron chi connectivity index (χ4n) is 4.41. The summed E-state index contributed by atoms with van der Waals surface area (Å²) in [5.74, 6) is 2.06. The molecule has 0 spiro atoms. The van der Waals surface area contributed by atoms with Gasteiger partial charge in [-0.05, 0) is 68.3 Å². The van der Waals surface area contributed by atoms with Gasteiger partial charge in [0.15, 0.2) is 17.3 Å². The molecule has 2 aromatic rings. The van der Waals surface area contributed by atoms with E-state index in [1.165, 1.54) is 13.5 Å². The SMILES string of the molecule is COc1cc(/C=C2\Oc3c(CN4CCCCC4)c(O)cc(C)c3C2=O)cc(OC)c1OC. The number of carbonyl (C=O) groups excluding carboxylic acids is 1. The van der Waals surface area contributed by atoms with E-state index in [0.29, 0.717) is 51.8 Å². The van der Waals surface area contributed by atoms with E-state index in [9.17, 15) is 9.90 Å². The molecule has 7 nitrogen and oxygen atoms in total. The zero-order valence-corrected chi connectivity index (χ0v) is 19.0. The van der Waals surface area contributed by atoms with Crippen molar-refractivity contribution in [2.75, 3.05) is 34.4 Å². The van der Waals surface area contributed by atoms with Gasteiger partial charge in [0, 0.05) is 6.54 Å². The van der Waals surface area contributed by atoms with Gasteiger partial charge >= 0.3 is 0 Å². The first kappa shape index (κ1) is 22.0. The van der Waals surface area contributed by atoms with Crippen LogP contribution in [0.1, 0.15) is 46.3 Å². The van der Waals surface area contributed by atoms with Crippen molar-refractivity contribution in [1.29, 1.82) is 0 Å². The van der Waals surface area contributed by atoms with Crippen LogP contribution in [0, 0.1) is 6.92 Å². The average molecular weight is 440 g/mol. The second-order valence-electron chi connectivity index (χ2n) is 8.13. The number of hydrogen-bond donors (Lipinski definition) is 1. The Morgan fingerprint density at radius 1 is 1.03 bits per heavy atom. The lowest BCUT2D eigenvalue weighted by atomic mass is 9.98. The van der Waals surface area contributed by atoms with E-state index in [-0.39, 0.29) is 17.3 Å². The molecule has 2 heterocycles. The summed E-state index contributed by atoms with van der Waals surface area (Å²) >= 11 is 0. The summed E-state index contributed by atoms with van der Waals surface area (Å²) < 4.78 is 22.3. The highest BCUT2D eigenvalue weighted by Gasteiger charge is 2.34. The van der Waals surface area contributed by atoms with Crippen LogP contribution in [-0.4, -0.2) is 50.2 Å². The molecule has 0 bridgehead atoms. The number of likely N-dealkylation sites (tertiary alicyclic amines) is 1. The molecule has 1 N–H and O–H groups in total. The largest absolute Gasteiger partial charge is 0.507 e.